The number of halogens is 2. The number of ether oxygens (including phenoxy) is 1. The molecule has 2 N–H and O–H groups in total. The van der Waals surface area contributed by atoms with E-state index < -0.39 is 0 Å². The smallest absolute Gasteiger partial charge is 0.115 e. The van der Waals surface area contributed by atoms with Crippen molar-refractivity contribution < 1.29 is 9.22 Å². The molecule has 3 rings (SSSR count). The number of benzene rings is 1. The normalized spacial score (nSPS) is 32.7. The Morgan fingerprint density at radius 2 is 1.95 bits per heavy atom. The lowest BCUT2D eigenvalue weighted by Crippen LogP contribution is -2.53. The molecule has 0 aliphatic carbocycles. The van der Waals surface area contributed by atoms with Gasteiger partial charge in [-0.25, -0.2) is 0 Å². The summed E-state index contributed by atoms with van der Waals surface area (Å²) in [5, 5.41) is 1.43. The summed E-state index contributed by atoms with van der Waals surface area (Å²) in [6.07, 6.45) is 2.35. The van der Waals surface area contributed by atoms with Crippen molar-refractivity contribution in [3.63, 3.8) is 0 Å². The Kier molecular flexibility index (Phi) is 4.77. The molecular weight excluding hydrogens is 307 g/mol. The number of hydrogen-bond acceptors (Lipinski definition) is 2. The molecule has 3 nitrogen and oxygen atoms in total. The molecule has 2 fully saturated rings. The summed E-state index contributed by atoms with van der Waals surface area (Å²) >= 11 is 12.3. The third-order valence-electron chi connectivity index (χ3n) is 5.04. The van der Waals surface area contributed by atoms with Crippen molar-refractivity contribution in [2.24, 2.45) is 11.7 Å². The molecule has 5 heteroatoms. The third-order valence-corrected chi connectivity index (χ3v) is 5.47. The van der Waals surface area contributed by atoms with Crippen molar-refractivity contribution in [3.8, 4) is 0 Å². The van der Waals surface area contributed by atoms with Crippen LogP contribution in [-0.2, 0) is 11.3 Å². The monoisotopic (exact) mass is 329 g/mol. The van der Waals surface area contributed by atoms with E-state index in [9.17, 15) is 0 Å². The van der Waals surface area contributed by atoms with Gasteiger partial charge >= 0.3 is 0 Å². The molecule has 2 aliphatic heterocycles. The van der Waals surface area contributed by atoms with Gasteiger partial charge in [0.2, 0.25) is 0 Å². The molecule has 0 spiro atoms. The SMILES string of the molecule is NC[C@@H]1CC[N+](Cc2cc(Cl)cc(Cl)c2)([C@@H]2CCOC2)C1. The Balaban J connectivity index is 1.85. The minimum atomic E-state index is 0.583. The molecule has 0 amide bonds. The van der Waals surface area contributed by atoms with Gasteiger partial charge in [0.15, 0.2) is 0 Å². The van der Waals surface area contributed by atoms with Gasteiger partial charge in [-0.3, -0.25) is 0 Å². The molecule has 0 bridgehead atoms. The summed E-state index contributed by atoms with van der Waals surface area (Å²) in [5.41, 5.74) is 7.13. The van der Waals surface area contributed by atoms with Gasteiger partial charge in [0.25, 0.3) is 0 Å². The molecule has 2 heterocycles. The van der Waals surface area contributed by atoms with E-state index in [1.807, 2.05) is 12.1 Å². The van der Waals surface area contributed by atoms with Crippen LogP contribution in [0, 0.1) is 5.92 Å². The predicted octanol–water partition coefficient (Wildman–Crippen LogP) is 3.08. The Labute approximate surface area is 136 Å². The lowest BCUT2D eigenvalue weighted by Gasteiger charge is -2.40. The van der Waals surface area contributed by atoms with Gasteiger partial charge in [0.1, 0.15) is 12.6 Å². The average Bonchev–Trinajstić information content (AvgIpc) is 3.06. The first-order valence-electron chi connectivity index (χ1n) is 7.70. The first kappa shape index (κ1) is 15.6. The van der Waals surface area contributed by atoms with Crippen LogP contribution in [0.25, 0.3) is 0 Å². The fourth-order valence-corrected chi connectivity index (χ4v) is 4.52. The van der Waals surface area contributed by atoms with Gasteiger partial charge < -0.3 is 15.0 Å². The fraction of sp³-hybridized carbons (Fsp3) is 0.625. The maximum atomic E-state index is 6.16. The lowest BCUT2D eigenvalue weighted by atomic mass is 10.1. The van der Waals surface area contributed by atoms with Gasteiger partial charge in [-0.2, -0.15) is 0 Å². The molecule has 0 saturated carbocycles. The number of nitrogens with two attached hydrogens (primary N) is 1. The average molecular weight is 330 g/mol. The van der Waals surface area contributed by atoms with Crippen molar-refractivity contribution >= 4 is 23.2 Å². The summed E-state index contributed by atoms with van der Waals surface area (Å²) in [4.78, 5) is 0. The standard InChI is InChI=1S/C16H23Cl2N2O/c17-14-5-13(6-15(18)7-14)10-20(16-2-4-21-11-16)3-1-12(8-19)9-20/h5-7,12,16H,1-4,8-11,19H2/q+1/t12-,16+,20?/m0/s1. The summed E-state index contributed by atoms with van der Waals surface area (Å²) in [7, 11) is 0. The predicted molar refractivity (Wildman–Crippen MR) is 86.5 cm³/mol. The summed E-state index contributed by atoms with van der Waals surface area (Å²) in [5.74, 6) is 0.625. The van der Waals surface area contributed by atoms with E-state index in [0.717, 1.165) is 43.8 Å². The Morgan fingerprint density at radius 1 is 1.19 bits per heavy atom. The highest BCUT2D eigenvalue weighted by atomic mass is 35.5. The summed E-state index contributed by atoms with van der Waals surface area (Å²) < 4.78 is 6.73. The van der Waals surface area contributed by atoms with Crippen molar-refractivity contribution in [1.29, 1.82) is 0 Å². The van der Waals surface area contributed by atoms with E-state index >= 15 is 0 Å². The molecule has 1 aromatic rings. The highest BCUT2D eigenvalue weighted by molar-refractivity contribution is 6.34. The zero-order chi connectivity index (χ0) is 14.9. The Morgan fingerprint density at radius 3 is 2.52 bits per heavy atom. The number of nitrogens with zero attached hydrogens (tertiary/aromatic N) is 1. The number of hydrogen-bond donors (Lipinski definition) is 1. The summed E-state index contributed by atoms with van der Waals surface area (Å²) in [6.45, 7) is 5.84. The van der Waals surface area contributed by atoms with Crippen LogP contribution in [0.5, 0.6) is 0 Å². The zero-order valence-electron chi connectivity index (χ0n) is 12.2. The second kappa shape index (κ2) is 6.43. The van der Waals surface area contributed by atoms with Crippen LogP contribution in [0.3, 0.4) is 0 Å². The quantitative estimate of drug-likeness (QED) is 0.861. The van der Waals surface area contributed by atoms with Crippen molar-refractivity contribution in [1.82, 2.24) is 0 Å². The van der Waals surface area contributed by atoms with Crippen LogP contribution in [0.2, 0.25) is 10.0 Å². The van der Waals surface area contributed by atoms with Crippen LogP contribution >= 0.6 is 23.2 Å². The maximum Gasteiger partial charge on any atom is 0.115 e. The van der Waals surface area contributed by atoms with Gasteiger partial charge in [0.05, 0.1) is 26.3 Å². The first-order chi connectivity index (χ1) is 10.1. The van der Waals surface area contributed by atoms with Gasteiger partial charge in [-0.1, -0.05) is 23.2 Å². The molecule has 1 aromatic carbocycles. The van der Waals surface area contributed by atoms with Gasteiger partial charge in [-0.15, -0.1) is 0 Å². The number of rotatable bonds is 4. The molecule has 0 aromatic heterocycles. The molecule has 2 aliphatic rings. The third kappa shape index (κ3) is 3.38. The lowest BCUT2D eigenvalue weighted by molar-refractivity contribution is -0.952. The van der Waals surface area contributed by atoms with Crippen molar-refractivity contribution in [3.05, 3.63) is 33.8 Å². The van der Waals surface area contributed by atoms with Crippen LogP contribution in [0.1, 0.15) is 18.4 Å². The van der Waals surface area contributed by atoms with Crippen LogP contribution < -0.4 is 5.73 Å². The van der Waals surface area contributed by atoms with E-state index in [-0.39, 0.29) is 0 Å². The number of likely N-dealkylation sites (tertiary alicyclic amines) is 1. The largest absolute Gasteiger partial charge is 0.375 e. The van der Waals surface area contributed by atoms with E-state index in [0.29, 0.717) is 22.0 Å². The molecular formula is C16H23Cl2N2O+. The van der Waals surface area contributed by atoms with E-state index in [4.69, 9.17) is 33.7 Å². The molecule has 0 radical (unpaired) electrons. The Hall–Kier alpha value is -0.320. The fourth-order valence-electron chi connectivity index (χ4n) is 3.95. The topological polar surface area (TPSA) is 35.2 Å². The second-order valence-corrected chi connectivity index (χ2v) is 7.34. The van der Waals surface area contributed by atoms with Crippen LogP contribution in [0.4, 0.5) is 0 Å². The van der Waals surface area contributed by atoms with Gasteiger partial charge in [-0.05, 0) is 18.2 Å². The zero-order valence-corrected chi connectivity index (χ0v) is 13.7. The maximum absolute atomic E-state index is 6.16. The van der Waals surface area contributed by atoms with E-state index in [1.54, 1.807) is 6.07 Å². The molecule has 3 atom stereocenters. The highest BCUT2D eigenvalue weighted by Crippen LogP contribution is 2.34. The van der Waals surface area contributed by atoms with E-state index in [2.05, 4.69) is 0 Å². The second-order valence-electron chi connectivity index (χ2n) is 6.47. The Bertz CT molecular complexity index is 485. The summed E-state index contributed by atoms with van der Waals surface area (Å²) in [6, 6.07) is 6.46. The van der Waals surface area contributed by atoms with Gasteiger partial charge in [0, 0.05) is 40.9 Å². The van der Waals surface area contributed by atoms with E-state index in [1.165, 1.54) is 18.5 Å². The minimum Gasteiger partial charge on any atom is -0.375 e. The molecule has 116 valence electrons. The first-order valence-corrected chi connectivity index (χ1v) is 8.45. The molecule has 21 heavy (non-hydrogen) atoms. The van der Waals surface area contributed by atoms with Crippen LogP contribution in [0.15, 0.2) is 18.2 Å². The van der Waals surface area contributed by atoms with Crippen molar-refractivity contribution in [2.75, 3.05) is 32.8 Å². The van der Waals surface area contributed by atoms with Crippen molar-refractivity contribution in [2.45, 2.75) is 25.4 Å². The highest BCUT2D eigenvalue weighted by Gasteiger charge is 2.45. The van der Waals surface area contributed by atoms with Crippen LogP contribution in [-0.4, -0.2) is 43.4 Å². The molecule has 2 saturated heterocycles. The molecule has 1 unspecified atom stereocenters. The number of quaternary nitrogens is 1. The minimum absolute atomic E-state index is 0.583.